The normalized spacial score (nSPS) is 10.4. The molecule has 5 nitrogen and oxygen atoms in total. The average Bonchev–Trinajstić information content (AvgIpc) is 2.15. The quantitative estimate of drug-likeness (QED) is 0.847. The van der Waals surface area contributed by atoms with Crippen LogP contribution in [0.2, 0.25) is 0 Å². The van der Waals surface area contributed by atoms with E-state index < -0.39 is 17.7 Å². The number of nitrogen functional groups attached to an aromatic ring is 1. The third-order valence-electron chi connectivity index (χ3n) is 1.66. The van der Waals surface area contributed by atoms with Gasteiger partial charge in [0, 0.05) is 6.07 Å². The first-order chi connectivity index (χ1) is 7.87. The maximum absolute atomic E-state index is 12.0. The maximum atomic E-state index is 12.0. The number of rotatable bonds is 2. The van der Waals surface area contributed by atoms with Crippen molar-refractivity contribution in [2.75, 3.05) is 5.73 Å². The number of nitrogens with zero attached hydrogens (tertiary/aromatic N) is 3. The first kappa shape index (κ1) is 12.6. The number of ether oxygens (including phenoxy) is 1. The monoisotopic (exact) mass is 242 g/mol. The van der Waals surface area contributed by atoms with Crippen molar-refractivity contribution in [1.82, 2.24) is 4.98 Å². The lowest BCUT2D eigenvalue weighted by atomic mass is 10.1. The molecule has 0 aromatic carbocycles. The second kappa shape index (κ2) is 4.58. The van der Waals surface area contributed by atoms with Gasteiger partial charge in [0.15, 0.2) is 5.75 Å². The van der Waals surface area contributed by atoms with Crippen LogP contribution < -0.4 is 10.5 Å². The number of alkyl halides is 3. The van der Waals surface area contributed by atoms with E-state index in [0.29, 0.717) is 0 Å². The van der Waals surface area contributed by atoms with Crippen molar-refractivity contribution in [1.29, 1.82) is 10.5 Å². The average molecular weight is 242 g/mol. The molecule has 0 spiro atoms. The predicted molar refractivity (Wildman–Crippen MR) is 49.4 cm³/mol. The topological polar surface area (TPSA) is 95.7 Å². The third kappa shape index (κ3) is 3.24. The Morgan fingerprint density at radius 3 is 2.53 bits per heavy atom. The summed E-state index contributed by atoms with van der Waals surface area (Å²) >= 11 is 0. The van der Waals surface area contributed by atoms with Crippen LogP contribution in [0.25, 0.3) is 0 Å². The summed E-state index contributed by atoms with van der Waals surface area (Å²) in [4.78, 5) is 3.61. The molecule has 0 unspecified atom stereocenters. The Kier molecular flexibility index (Phi) is 3.39. The molecule has 0 aliphatic carbocycles. The van der Waals surface area contributed by atoms with Crippen molar-refractivity contribution in [2.45, 2.75) is 12.8 Å². The van der Waals surface area contributed by atoms with Gasteiger partial charge in [-0.2, -0.15) is 10.5 Å². The minimum absolute atomic E-state index is 0.144. The van der Waals surface area contributed by atoms with E-state index in [0.717, 1.165) is 6.07 Å². The summed E-state index contributed by atoms with van der Waals surface area (Å²) in [5.41, 5.74) is 4.66. The van der Waals surface area contributed by atoms with Crippen LogP contribution in [0, 0.1) is 22.7 Å². The van der Waals surface area contributed by atoms with Crippen LogP contribution in [0.3, 0.4) is 0 Å². The molecule has 0 atom stereocenters. The SMILES string of the molecule is N#CCc1nc(N)cc(OC(F)(F)F)c1C#N. The van der Waals surface area contributed by atoms with E-state index >= 15 is 0 Å². The van der Waals surface area contributed by atoms with Gasteiger partial charge in [0.2, 0.25) is 0 Å². The minimum atomic E-state index is -4.94. The number of hydrogen-bond acceptors (Lipinski definition) is 5. The molecule has 1 heterocycles. The van der Waals surface area contributed by atoms with Crippen LogP contribution in [0.5, 0.6) is 5.75 Å². The Hall–Kier alpha value is -2.48. The molecule has 0 aliphatic heterocycles. The molecule has 17 heavy (non-hydrogen) atoms. The minimum Gasteiger partial charge on any atom is -0.404 e. The van der Waals surface area contributed by atoms with Gasteiger partial charge in [0.1, 0.15) is 17.5 Å². The fourth-order valence-corrected chi connectivity index (χ4v) is 1.12. The van der Waals surface area contributed by atoms with Gasteiger partial charge in [-0.1, -0.05) is 0 Å². The van der Waals surface area contributed by atoms with Crippen molar-refractivity contribution in [3.63, 3.8) is 0 Å². The lowest BCUT2D eigenvalue weighted by Gasteiger charge is -2.12. The summed E-state index contributed by atoms with van der Waals surface area (Å²) in [6, 6.07) is 3.96. The molecule has 0 saturated carbocycles. The number of halogens is 3. The first-order valence-electron chi connectivity index (χ1n) is 4.19. The summed E-state index contributed by atoms with van der Waals surface area (Å²) < 4.78 is 39.8. The summed E-state index contributed by atoms with van der Waals surface area (Å²) in [7, 11) is 0. The summed E-state index contributed by atoms with van der Waals surface area (Å²) in [6.45, 7) is 0. The molecule has 88 valence electrons. The van der Waals surface area contributed by atoms with Crippen LogP contribution in [0.15, 0.2) is 6.07 Å². The highest BCUT2D eigenvalue weighted by atomic mass is 19.4. The fraction of sp³-hybridized carbons (Fsp3) is 0.222. The second-order valence-electron chi connectivity index (χ2n) is 2.86. The van der Waals surface area contributed by atoms with Gasteiger partial charge in [0.25, 0.3) is 0 Å². The smallest absolute Gasteiger partial charge is 0.404 e. The van der Waals surface area contributed by atoms with Gasteiger partial charge in [-0.25, -0.2) is 4.98 Å². The van der Waals surface area contributed by atoms with Crippen molar-refractivity contribution in [3.05, 3.63) is 17.3 Å². The molecular formula is C9H5F3N4O. The highest BCUT2D eigenvalue weighted by Crippen LogP contribution is 2.29. The van der Waals surface area contributed by atoms with Crippen molar-refractivity contribution < 1.29 is 17.9 Å². The molecule has 0 bridgehead atoms. The summed E-state index contributed by atoms with van der Waals surface area (Å²) in [5.74, 6) is -1.01. The Morgan fingerprint density at radius 2 is 2.06 bits per heavy atom. The third-order valence-corrected chi connectivity index (χ3v) is 1.66. The zero-order valence-electron chi connectivity index (χ0n) is 8.25. The van der Waals surface area contributed by atoms with E-state index in [1.165, 1.54) is 6.07 Å². The largest absolute Gasteiger partial charge is 0.573 e. The van der Waals surface area contributed by atoms with Crippen molar-refractivity contribution >= 4 is 5.82 Å². The highest BCUT2D eigenvalue weighted by molar-refractivity contribution is 5.52. The highest BCUT2D eigenvalue weighted by Gasteiger charge is 2.33. The Bertz CT molecular complexity index is 513. The van der Waals surface area contributed by atoms with Gasteiger partial charge in [-0.3, -0.25) is 0 Å². The molecule has 2 N–H and O–H groups in total. The van der Waals surface area contributed by atoms with E-state index in [9.17, 15) is 13.2 Å². The molecule has 0 amide bonds. The van der Waals surface area contributed by atoms with Gasteiger partial charge in [-0.15, -0.1) is 13.2 Å². The van der Waals surface area contributed by atoms with Crippen LogP contribution in [-0.4, -0.2) is 11.3 Å². The molecular weight excluding hydrogens is 237 g/mol. The van der Waals surface area contributed by atoms with E-state index in [2.05, 4.69) is 9.72 Å². The van der Waals surface area contributed by atoms with E-state index in [4.69, 9.17) is 16.3 Å². The molecule has 0 radical (unpaired) electrons. The lowest BCUT2D eigenvalue weighted by Crippen LogP contribution is -2.18. The Balaban J connectivity index is 3.30. The van der Waals surface area contributed by atoms with E-state index in [1.807, 2.05) is 0 Å². The zero-order chi connectivity index (χ0) is 13.1. The van der Waals surface area contributed by atoms with Gasteiger partial charge in [0.05, 0.1) is 18.2 Å². The van der Waals surface area contributed by atoms with Crippen LogP contribution >= 0.6 is 0 Å². The standard InChI is InChI=1S/C9H5F3N4O/c10-9(11,12)17-7-3-8(15)16-6(1-2-13)5(7)4-14/h3H,1H2,(H2,15,16). The molecule has 0 saturated heterocycles. The Labute approximate surface area is 93.8 Å². The molecule has 0 fully saturated rings. The maximum Gasteiger partial charge on any atom is 0.573 e. The fourth-order valence-electron chi connectivity index (χ4n) is 1.12. The van der Waals surface area contributed by atoms with E-state index in [1.54, 1.807) is 6.07 Å². The lowest BCUT2D eigenvalue weighted by molar-refractivity contribution is -0.274. The molecule has 1 rings (SSSR count). The number of hydrogen-bond donors (Lipinski definition) is 1. The van der Waals surface area contributed by atoms with Crippen molar-refractivity contribution in [2.24, 2.45) is 0 Å². The van der Waals surface area contributed by atoms with Gasteiger partial charge < -0.3 is 10.5 Å². The van der Waals surface area contributed by atoms with E-state index in [-0.39, 0.29) is 17.9 Å². The molecule has 0 aliphatic rings. The molecule has 1 aromatic rings. The number of pyridine rings is 1. The molecule has 8 heteroatoms. The number of nitriles is 2. The molecule has 1 aromatic heterocycles. The van der Waals surface area contributed by atoms with Crippen LogP contribution in [0.4, 0.5) is 19.0 Å². The predicted octanol–water partition coefficient (Wildman–Crippen LogP) is 1.50. The zero-order valence-corrected chi connectivity index (χ0v) is 8.25. The second-order valence-corrected chi connectivity index (χ2v) is 2.86. The first-order valence-corrected chi connectivity index (χ1v) is 4.19. The Morgan fingerprint density at radius 1 is 1.41 bits per heavy atom. The van der Waals surface area contributed by atoms with Gasteiger partial charge >= 0.3 is 6.36 Å². The number of nitrogens with two attached hydrogens (primary N) is 1. The van der Waals surface area contributed by atoms with Gasteiger partial charge in [-0.05, 0) is 0 Å². The summed E-state index contributed by atoms with van der Waals surface area (Å²) in [5, 5.41) is 17.2. The number of anilines is 1. The van der Waals surface area contributed by atoms with Crippen LogP contribution in [-0.2, 0) is 6.42 Å². The van der Waals surface area contributed by atoms with Crippen molar-refractivity contribution in [3.8, 4) is 17.9 Å². The van der Waals surface area contributed by atoms with Crippen LogP contribution in [0.1, 0.15) is 11.3 Å². The number of aromatic nitrogens is 1. The summed E-state index contributed by atoms with van der Waals surface area (Å²) in [6.07, 6.45) is -5.27.